The van der Waals surface area contributed by atoms with Gasteiger partial charge in [-0.3, -0.25) is 4.90 Å². The predicted molar refractivity (Wildman–Crippen MR) is 105 cm³/mol. The van der Waals surface area contributed by atoms with Gasteiger partial charge in [-0.2, -0.15) is 0 Å². The van der Waals surface area contributed by atoms with Crippen LogP contribution in [0.4, 0.5) is 0 Å². The van der Waals surface area contributed by atoms with Gasteiger partial charge in [0.15, 0.2) is 0 Å². The van der Waals surface area contributed by atoms with Crippen molar-refractivity contribution in [3.05, 3.63) is 59.7 Å². The predicted octanol–water partition coefficient (Wildman–Crippen LogP) is 3.54. The lowest BCUT2D eigenvalue weighted by Gasteiger charge is -2.38. The second-order valence-electron chi connectivity index (χ2n) is 7.70. The molecule has 2 aliphatic rings. The quantitative estimate of drug-likeness (QED) is 0.916. The Kier molecular flexibility index (Phi) is 5.61. The Hall–Kier alpha value is -1.78. The fourth-order valence-electron chi connectivity index (χ4n) is 4.67. The van der Waals surface area contributed by atoms with Crippen LogP contribution in [0.5, 0.6) is 0 Å². The zero-order valence-electron chi connectivity index (χ0n) is 15.8. The van der Waals surface area contributed by atoms with E-state index in [0.717, 1.165) is 25.3 Å². The van der Waals surface area contributed by atoms with Crippen LogP contribution in [0.1, 0.15) is 55.5 Å². The van der Waals surface area contributed by atoms with Crippen molar-refractivity contribution in [1.29, 1.82) is 0 Å². The van der Waals surface area contributed by atoms with E-state index in [1.54, 1.807) is 0 Å². The number of aromatic nitrogens is 2. The van der Waals surface area contributed by atoms with E-state index < -0.39 is 0 Å². The summed E-state index contributed by atoms with van der Waals surface area (Å²) in [5, 5.41) is 3.84. The lowest BCUT2D eigenvalue weighted by Crippen LogP contribution is -2.47. The molecule has 2 aromatic rings. The van der Waals surface area contributed by atoms with Gasteiger partial charge in [-0.25, -0.2) is 9.97 Å². The van der Waals surface area contributed by atoms with Gasteiger partial charge in [0.2, 0.25) is 0 Å². The molecule has 4 rings (SSSR count). The Morgan fingerprint density at radius 1 is 1.08 bits per heavy atom. The maximum Gasteiger partial charge on any atom is 0.127 e. The van der Waals surface area contributed by atoms with Crippen molar-refractivity contribution < 1.29 is 0 Å². The molecule has 3 heterocycles. The molecule has 3 atom stereocenters. The first kappa shape index (κ1) is 17.6. The highest BCUT2D eigenvalue weighted by molar-refractivity contribution is 5.25. The van der Waals surface area contributed by atoms with Gasteiger partial charge in [0.25, 0.3) is 0 Å². The highest BCUT2D eigenvalue weighted by Crippen LogP contribution is 2.34. The number of fused-ring (bicyclic) bond motifs is 1. The minimum atomic E-state index is 0.559. The number of likely N-dealkylation sites (tertiary alicyclic amines) is 1. The molecule has 0 bridgehead atoms. The van der Waals surface area contributed by atoms with Gasteiger partial charge >= 0.3 is 0 Å². The molecule has 1 aromatic heterocycles. The molecular weight excluding hydrogens is 320 g/mol. The van der Waals surface area contributed by atoms with Crippen molar-refractivity contribution in [2.75, 3.05) is 13.1 Å². The summed E-state index contributed by atoms with van der Waals surface area (Å²) in [6.07, 6.45) is 10.2. The van der Waals surface area contributed by atoms with Gasteiger partial charge < -0.3 is 5.32 Å². The molecular formula is C22H30N4. The molecule has 2 fully saturated rings. The number of hydrogen-bond donors (Lipinski definition) is 1. The molecule has 0 spiro atoms. The number of aryl methyl sites for hydroxylation is 1. The standard InChI is InChI=1S/C22H30N4/c1-2-21-24-13-17(14-25-21)16-26-12-8-4-7-11-20-22(26)19(15-23-20)18-9-5-3-6-10-18/h3,5-6,9-10,13-14,19-20,22-23H,2,4,7-8,11-12,15-16H2,1H3/t19-,20+,22-/m0/s1. The highest BCUT2D eigenvalue weighted by Gasteiger charge is 2.40. The molecule has 2 aliphatic heterocycles. The summed E-state index contributed by atoms with van der Waals surface area (Å²) in [7, 11) is 0. The number of nitrogens with one attached hydrogen (secondary N) is 1. The smallest absolute Gasteiger partial charge is 0.127 e. The molecule has 1 N–H and O–H groups in total. The summed E-state index contributed by atoms with van der Waals surface area (Å²) >= 11 is 0. The second kappa shape index (κ2) is 8.28. The van der Waals surface area contributed by atoms with Crippen molar-refractivity contribution >= 4 is 0 Å². The summed E-state index contributed by atoms with van der Waals surface area (Å²) in [5.41, 5.74) is 2.70. The topological polar surface area (TPSA) is 41.1 Å². The Bertz CT molecular complexity index is 685. The lowest BCUT2D eigenvalue weighted by atomic mass is 9.87. The van der Waals surface area contributed by atoms with Crippen LogP contribution in [0.15, 0.2) is 42.7 Å². The van der Waals surface area contributed by atoms with Crippen molar-refractivity contribution in [2.45, 2.75) is 63.6 Å². The molecule has 138 valence electrons. The van der Waals surface area contributed by atoms with Crippen molar-refractivity contribution in [2.24, 2.45) is 0 Å². The van der Waals surface area contributed by atoms with Gasteiger partial charge in [0.1, 0.15) is 5.82 Å². The Balaban J connectivity index is 1.58. The highest BCUT2D eigenvalue weighted by atomic mass is 15.2. The van der Waals surface area contributed by atoms with E-state index in [2.05, 4.69) is 57.4 Å². The summed E-state index contributed by atoms with van der Waals surface area (Å²) in [4.78, 5) is 11.7. The van der Waals surface area contributed by atoms with Crippen LogP contribution in [-0.4, -0.2) is 40.0 Å². The van der Waals surface area contributed by atoms with E-state index in [1.807, 2.05) is 12.4 Å². The third kappa shape index (κ3) is 3.81. The summed E-state index contributed by atoms with van der Waals surface area (Å²) in [6.45, 7) is 5.31. The zero-order chi connectivity index (χ0) is 17.8. The monoisotopic (exact) mass is 350 g/mol. The molecule has 4 nitrogen and oxygen atoms in total. The first-order chi connectivity index (χ1) is 12.8. The van der Waals surface area contributed by atoms with Crippen LogP contribution >= 0.6 is 0 Å². The Morgan fingerprint density at radius 2 is 1.88 bits per heavy atom. The normalized spacial score (nSPS) is 26.9. The molecule has 0 aliphatic carbocycles. The minimum absolute atomic E-state index is 0.559. The molecule has 0 amide bonds. The van der Waals surface area contributed by atoms with Crippen LogP contribution in [-0.2, 0) is 13.0 Å². The second-order valence-corrected chi connectivity index (χ2v) is 7.70. The molecule has 2 saturated heterocycles. The molecule has 4 heteroatoms. The average Bonchev–Trinajstić information content (AvgIpc) is 3.09. The van der Waals surface area contributed by atoms with Gasteiger partial charge in [-0.05, 0) is 24.9 Å². The van der Waals surface area contributed by atoms with E-state index in [0.29, 0.717) is 18.0 Å². The third-order valence-corrected chi connectivity index (χ3v) is 5.99. The van der Waals surface area contributed by atoms with Crippen LogP contribution < -0.4 is 5.32 Å². The van der Waals surface area contributed by atoms with Crippen molar-refractivity contribution in [3.8, 4) is 0 Å². The maximum atomic E-state index is 4.51. The number of nitrogens with zero attached hydrogens (tertiary/aromatic N) is 3. The first-order valence-corrected chi connectivity index (χ1v) is 10.2. The third-order valence-electron chi connectivity index (χ3n) is 5.99. The molecule has 0 unspecified atom stereocenters. The maximum absolute atomic E-state index is 4.51. The Morgan fingerprint density at radius 3 is 2.65 bits per heavy atom. The van der Waals surface area contributed by atoms with Gasteiger partial charge in [-0.15, -0.1) is 0 Å². The fraction of sp³-hybridized carbons (Fsp3) is 0.545. The van der Waals surface area contributed by atoms with Crippen molar-refractivity contribution in [1.82, 2.24) is 20.2 Å². The summed E-state index contributed by atoms with van der Waals surface area (Å²) < 4.78 is 0. The van der Waals surface area contributed by atoms with Gasteiger partial charge in [0.05, 0.1) is 0 Å². The van der Waals surface area contributed by atoms with Crippen LogP contribution in [0.2, 0.25) is 0 Å². The number of rotatable bonds is 4. The summed E-state index contributed by atoms with van der Waals surface area (Å²) in [5.74, 6) is 1.50. The van der Waals surface area contributed by atoms with Crippen molar-refractivity contribution in [3.63, 3.8) is 0 Å². The molecule has 0 radical (unpaired) electrons. The first-order valence-electron chi connectivity index (χ1n) is 10.2. The molecule has 26 heavy (non-hydrogen) atoms. The lowest BCUT2D eigenvalue weighted by molar-refractivity contribution is 0.141. The largest absolute Gasteiger partial charge is 0.312 e. The van der Waals surface area contributed by atoms with Crippen LogP contribution in [0.25, 0.3) is 0 Å². The van der Waals surface area contributed by atoms with E-state index in [9.17, 15) is 0 Å². The van der Waals surface area contributed by atoms with E-state index in [1.165, 1.54) is 43.4 Å². The van der Waals surface area contributed by atoms with Crippen LogP contribution in [0, 0.1) is 0 Å². The average molecular weight is 351 g/mol. The van der Waals surface area contributed by atoms with E-state index in [4.69, 9.17) is 0 Å². The van der Waals surface area contributed by atoms with Gasteiger partial charge in [0, 0.05) is 55.5 Å². The number of hydrogen-bond acceptors (Lipinski definition) is 4. The van der Waals surface area contributed by atoms with E-state index in [-0.39, 0.29) is 0 Å². The molecule has 1 aromatic carbocycles. The number of benzene rings is 1. The van der Waals surface area contributed by atoms with Crippen LogP contribution in [0.3, 0.4) is 0 Å². The Labute approximate surface area is 157 Å². The minimum Gasteiger partial charge on any atom is -0.312 e. The fourth-order valence-corrected chi connectivity index (χ4v) is 4.67. The van der Waals surface area contributed by atoms with Gasteiger partial charge in [-0.1, -0.05) is 50.1 Å². The molecule has 0 saturated carbocycles. The summed E-state index contributed by atoms with van der Waals surface area (Å²) in [6, 6.07) is 12.2. The SMILES string of the molecule is CCc1ncc(CN2CCCCC[C@H]3NC[C@@H](c4ccccc4)[C@@H]32)cn1. The zero-order valence-corrected chi connectivity index (χ0v) is 15.8. The van der Waals surface area contributed by atoms with E-state index >= 15 is 0 Å².